The van der Waals surface area contributed by atoms with E-state index in [9.17, 15) is 22.8 Å². The van der Waals surface area contributed by atoms with E-state index in [1.54, 1.807) is 0 Å². The second-order valence-electron chi connectivity index (χ2n) is 3.60. The molecule has 0 saturated heterocycles. The van der Waals surface area contributed by atoms with Crippen molar-refractivity contribution in [2.75, 3.05) is 6.61 Å². The summed E-state index contributed by atoms with van der Waals surface area (Å²) in [5.41, 5.74) is -0.817. The van der Waals surface area contributed by atoms with Crippen LogP contribution < -0.4 is 5.32 Å². The predicted molar refractivity (Wildman–Crippen MR) is 56.9 cm³/mol. The zero-order valence-corrected chi connectivity index (χ0v) is 9.49. The van der Waals surface area contributed by atoms with Crippen molar-refractivity contribution in [3.63, 3.8) is 0 Å². The summed E-state index contributed by atoms with van der Waals surface area (Å²) >= 11 is 0. The van der Waals surface area contributed by atoms with Crippen LogP contribution in [0, 0.1) is 17.5 Å². The zero-order valence-electron chi connectivity index (χ0n) is 9.49. The van der Waals surface area contributed by atoms with Crippen molar-refractivity contribution in [2.45, 2.75) is 12.5 Å². The lowest BCUT2D eigenvalue weighted by molar-refractivity contribution is -0.139. The quantitative estimate of drug-likeness (QED) is 0.690. The van der Waals surface area contributed by atoms with Crippen LogP contribution in [0.2, 0.25) is 0 Å². The summed E-state index contributed by atoms with van der Waals surface area (Å²) in [4.78, 5) is 22.2. The molecular weight excluding hydrogens is 267 g/mol. The van der Waals surface area contributed by atoms with E-state index in [1.807, 2.05) is 5.32 Å². The second kappa shape index (κ2) is 6.19. The summed E-state index contributed by atoms with van der Waals surface area (Å²) < 4.78 is 38.8. The van der Waals surface area contributed by atoms with E-state index in [0.717, 1.165) is 0 Å². The summed E-state index contributed by atoms with van der Waals surface area (Å²) in [6.07, 6.45) is -0.299. The van der Waals surface area contributed by atoms with Gasteiger partial charge in [0.2, 0.25) is 0 Å². The Morgan fingerprint density at radius 1 is 1.21 bits per heavy atom. The average molecular weight is 277 g/mol. The number of aliphatic hydroxyl groups is 1. The molecule has 0 aliphatic rings. The van der Waals surface area contributed by atoms with Crippen LogP contribution in [0.1, 0.15) is 16.8 Å². The third-order valence-corrected chi connectivity index (χ3v) is 2.30. The molecule has 1 aromatic carbocycles. The summed E-state index contributed by atoms with van der Waals surface area (Å²) in [6.45, 7) is -0.516. The van der Waals surface area contributed by atoms with Crippen LogP contribution in [-0.2, 0) is 4.79 Å². The van der Waals surface area contributed by atoms with Crippen LogP contribution in [0.4, 0.5) is 13.2 Å². The lowest BCUT2D eigenvalue weighted by Gasteiger charge is -2.13. The van der Waals surface area contributed by atoms with E-state index in [2.05, 4.69) is 0 Å². The number of amides is 1. The first-order chi connectivity index (χ1) is 8.88. The molecular formula is C11H10F3NO4. The maximum absolute atomic E-state index is 13.3. The Morgan fingerprint density at radius 3 is 2.37 bits per heavy atom. The molecule has 1 aromatic rings. The highest BCUT2D eigenvalue weighted by Gasteiger charge is 2.24. The topological polar surface area (TPSA) is 86.6 Å². The van der Waals surface area contributed by atoms with E-state index >= 15 is 0 Å². The fourth-order valence-electron chi connectivity index (χ4n) is 1.32. The van der Waals surface area contributed by atoms with Gasteiger partial charge in [-0.2, -0.15) is 0 Å². The van der Waals surface area contributed by atoms with Crippen molar-refractivity contribution in [3.8, 4) is 0 Å². The Hall–Kier alpha value is -2.09. The van der Waals surface area contributed by atoms with Crippen molar-refractivity contribution in [3.05, 3.63) is 35.1 Å². The molecule has 0 radical (unpaired) electrons. The molecule has 104 valence electrons. The molecule has 0 spiro atoms. The maximum atomic E-state index is 13.3. The molecule has 0 fully saturated rings. The van der Waals surface area contributed by atoms with Gasteiger partial charge in [-0.15, -0.1) is 0 Å². The first-order valence-corrected chi connectivity index (χ1v) is 5.16. The largest absolute Gasteiger partial charge is 0.480 e. The van der Waals surface area contributed by atoms with Gasteiger partial charge < -0.3 is 15.5 Å². The van der Waals surface area contributed by atoms with Crippen LogP contribution in [0.15, 0.2) is 12.1 Å². The smallest absolute Gasteiger partial charge is 0.326 e. The molecule has 19 heavy (non-hydrogen) atoms. The number of hydrogen-bond acceptors (Lipinski definition) is 3. The minimum Gasteiger partial charge on any atom is -0.480 e. The Labute approximate surface area is 105 Å². The number of carbonyl (C=O) groups is 2. The number of benzene rings is 1. The van der Waals surface area contributed by atoms with E-state index < -0.39 is 47.5 Å². The van der Waals surface area contributed by atoms with Gasteiger partial charge in [0.05, 0.1) is 5.56 Å². The third-order valence-electron chi connectivity index (χ3n) is 2.30. The van der Waals surface area contributed by atoms with Crippen LogP contribution >= 0.6 is 0 Å². The molecule has 8 heteroatoms. The van der Waals surface area contributed by atoms with Crippen LogP contribution in [0.25, 0.3) is 0 Å². The van der Waals surface area contributed by atoms with Crippen LogP contribution in [0.3, 0.4) is 0 Å². The number of nitrogens with one attached hydrogen (secondary N) is 1. The molecule has 0 bridgehead atoms. The normalized spacial score (nSPS) is 12.0. The number of carboxylic acids is 1. The highest BCUT2D eigenvalue weighted by atomic mass is 19.2. The molecule has 0 unspecified atom stereocenters. The van der Waals surface area contributed by atoms with E-state index in [1.165, 1.54) is 0 Å². The van der Waals surface area contributed by atoms with Gasteiger partial charge in [0.15, 0.2) is 17.5 Å². The summed E-state index contributed by atoms with van der Waals surface area (Å²) in [6, 6.07) is -0.208. The van der Waals surface area contributed by atoms with Gasteiger partial charge in [0.25, 0.3) is 5.91 Å². The number of hydrogen-bond donors (Lipinski definition) is 3. The highest BCUT2D eigenvalue weighted by Crippen LogP contribution is 2.15. The minimum absolute atomic E-state index is 0.299. The Balaban J connectivity index is 2.95. The van der Waals surface area contributed by atoms with E-state index in [-0.39, 0.29) is 6.42 Å². The van der Waals surface area contributed by atoms with Crippen LogP contribution in [0.5, 0.6) is 0 Å². The molecule has 5 nitrogen and oxygen atoms in total. The van der Waals surface area contributed by atoms with Crippen LogP contribution in [-0.4, -0.2) is 34.7 Å². The number of halogens is 3. The second-order valence-corrected chi connectivity index (χ2v) is 3.60. The van der Waals surface area contributed by atoms with Gasteiger partial charge in [-0.3, -0.25) is 4.79 Å². The fraction of sp³-hybridized carbons (Fsp3) is 0.273. The van der Waals surface area contributed by atoms with Crippen molar-refractivity contribution in [1.82, 2.24) is 5.32 Å². The van der Waals surface area contributed by atoms with Gasteiger partial charge in [-0.25, -0.2) is 18.0 Å². The van der Waals surface area contributed by atoms with Crippen molar-refractivity contribution < 1.29 is 33.0 Å². The van der Waals surface area contributed by atoms with Gasteiger partial charge in [0.1, 0.15) is 6.04 Å². The molecule has 0 heterocycles. The standard InChI is InChI=1S/C11H10F3NO4/c12-6-2-1-5(8(13)9(6)14)10(17)15-7(3-4-16)11(18)19/h1-2,7,16H,3-4H2,(H,15,17)(H,18,19)/t7-/m1/s1. The number of aliphatic carboxylic acids is 1. The molecule has 0 aliphatic carbocycles. The van der Waals surface area contributed by atoms with Gasteiger partial charge >= 0.3 is 5.97 Å². The van der Waals surface area contributed by atoms with E-state index in [0.29, 0.717) is 12.1 Å². The van der Waals surface area contributed by atoms with Gasteiger partial charge in [-0.05, 0) is 12.1 Å². The average Bonchev–Trinajstić information content (AvgIpc) is 2.35. The number of carboxylic acid groups (broad SMARTS) is 1. The lowest BCUT2D eigenvalue weighted by atomic mass is 10.1. The third kappa shape index (κ3) is 3.44. The molecule has 1 amide bonds. The van der Waals surface area contributed by atoms with E-state index in [4.69, 9.17) is 10.2 Å². The molecule has 0 aliphatic heterocycles. The number of aliphatic hydroxyl groups excluding tert-OH is 1. The molecule has 3 N–H and O–H groups in total. The molecule has 0 saturated carbocycles. The summed E-state index contributed by atoms with van der Waals surface area (Å²) in [7, 11) is 0. The Morgan fingerprint density at radius 2 is 1.84 bits per heavy atom. The molecule has 1 rings (SSSR count). The predicted octanol–water partition coefficient (Wildman–Crippen LogP) is 0.669. The first-order valence-electron chi connectivity index (χ1n) is 5.16. The molecule has 1 atom stereocenters. The van der Waals surface area contributed by atoms with Gasteiger partial charge in [0, 0.05) is 13.0 Å². The minimum atomic E-state index is -1.82. The molecule has 0 aromatic heterocycles. The lowest BCUT2D eigenvalue weighted by Crippen LogP contribution is -2.41. The monoisotopic (exact) mass is 277 g/mol. The summed E-state index contributed by atoms with van der Waals surface area (Å²) in [5, 5.41) is 19.2. The fourth-order valence-corrected chi connectivity index (χ4v) is 1.32. The van der Waals surface area contributed by atoms with Crippen molar-refractivity contribution >= 4 is 11.9 Å². The van der Waals surface area contributed by atoms with Crippen molar-refractivity contribution in [2.24, 2.45) is 0 Å². The summed E-state index contributed by atoms with van der Waals surface area (Å²) in [5.74, 6) is -7.63. The Bertz CT molecular complexity index is 507. The first kappa shape index (κ1) is 15.0. The Kier molecular flexibility index (Phi) is 4.87. The SMILES string of the molecule is O=C(N[C@H](CCO)C(=O)O)c1ccc(F)c(F)c1F. The van der Waals surface area contributed by atoms with Crippen molar-refractivity contribution in [1.29, 1.82) is 0 Å². The maximum Gasteiger partial charge on any atom is 0.326 e. The number of rotatable bonds is 5. The number of carbonyl (C=O) groups excluding carboxylic acids is 1. The highest BCUT2D eigenvalue weighted by molar-refractivity contribution is 5.96. The van der Waals surface area contributed by atoms with Gasteiger partial charge in [-0.1, -0.05) is 0 Å². The zero-order chi connectivity index (χ0) is 14.6.